The molecule has 10 heteroatoms. The Bertz CT molecular complexity index is 1190. The lowest BCUT2D eigenvalue weighted by atomic mass is 9.98. The van der Waals surface area contributed by atoms with Gasteiger partial charge >= 0.3 is 0 Å². The first-order valence-corrected chi connectivity index (χ1v) is 11.2. The number of nitrogens with one attached hydrogen (secondary N) is 2. The lowest BCUT2D eigenvalue weighted by Gasteiger charge is -2.32. The summed E-state index contributed by atoms with van der Waals surface area (Å²) in [6, 6.07) is 8.60. The Morgan fingerprint density at radius 3 is 2.39 bits per heavy atom. The Kier molecular flexibility index (Phi) is 7.61. The molecule has 1 unspecified atom stereocenters. The molecule has 3 rings (SSSR count). The Balaban J connectivity index is 2.19. The number of aliphatic hydroxyl groups excluding tert-OH is 1. The van der Waals surface area contributed by atoms with Crippen molar-refractivity contribution < 1.29 is 19.8 Å². The van der Waals surface area contributed by atoms with E-state index in [9.17, 15) is 19.8 Å². The van der Waals surface area contributed by atoms with Crippen molar-refractivity contribution >= 4 is 58.0 Å². The van der Waals surface area contributed by atoms with Crippen molar-refractivity contribution in [1.82, 2.24) is 15.2 Å². The molecule has 0 aliphatic carbocycles. The number of carbonyl (C=O) groups is 2. The number of benzene rings is 2. The van der Waals surface area contributed by atoms with Crippen LogP contribution in [0.15, 0.2) is 36.4 Å². The third-order valence-corrected chi connectivity index (χ3v) is 5.90. The number of amides is 2. The Labute approximate surface area is 206 Å². The molecule has 1 heterocycles. The lowest BCUT2D eigenvalue weighted by Crippen LogP contribution is -2.47. The zero-order valence-electron chi connectivity index (χ0n) is 18.2. The van der Waals surface area contributed by atoms with Crippen molar-refractivity contribution in [3.63, 3.8) is 0 Å². The summed E-state index contributed by atoms with van der Waals surface area (Å²) < 4.78 is 0. The third-order valence-electron chi connectivity index (χ3n) is 4.93. The maximum atomic E-state index is 13.5. The monoisotopic (exact) mass is 511 g/mol. The molecular weight excluding hydrogens is 489 g/mol. The van der Waals surface area contributed by atoms with Gasteiger partial charge in [-0.25, -0.2) is 0 Å². The fourth-order valence-corrected chi connectivity index (χ4v) is 4.13. The molecule has 3 aromatic rings. The van der Waals surface area contributed by atoms with Gasteiger partial charge in [0.1, 0.15) is 6.04 Å². The molecule has 0 spiro atoms. The van der Waals surface area contributed by atoms with Crippen LogP contribution in [0.1, 0.15) is 49.9 Å². The van der Waals surface area contributed by atoms with E-state index in [1.807, 2.05) is 20.8 Å². The van der Waals surface area contributed by atoms with Gasteiger partial charge in [-0.2, -0.15) is 0 Å². The van der Waals surface area contributed by atoms with Gasteiger partial charge in [0.25, 0.3) is 0 Å². The molecule has 1 aromatic heterocycles. The maximum absolute atomic E-state index is 13.5. The molecule has 0 aliphatic heterocycles. The van der Waals surface area contributed by atoms with Gasteiger partial charge in [-0.15, -0.1) is 0 Å². The standard InChI is InChI=1S/C23H24Cl3N3O4/c1-23(2,3)28-21(31)20(29(11-30)10-12-4-7-15(25)16(26)8-12)18-14-6-5-13(24)9-17(14)27-19(18)22(32)33/h4-9,11,20,22,27,32-33H,10H2,1-3H3,(H,28,31). The average molecular weight is 513 g/mol. The number of aliphatic hydroxyl groups is 2. The number of aromatic amines is 1. The van der Waals surface area contributed by atoms with E-state index >= 15 is 0 Å². The summed E-state index contributed by atoms with van der Waals surface area (Å²) in [6.45, 7) is 5.44. The summed E-state index contributed by atoms with van der Waals surface area (Å²) in [4.78, 5) is 29.9. The molecule has 0 aliphatic rings. The fourth-order valence-electron chi connectivity index (χ4n) is 3.63. The number of hydrogen-bond acceptors (Lipinski definition) is 4. The van der Waals surface area contributed by atoms with Crippen molar-refractivity contribution in [2.24, 2.45) is 0 Å². The molecule has 0 bridgehead atoms. The minimum Gasteiger partial charge on any atom is -0.363 e. The SMILES string of the molecule is CC(C)(C)NC(=O)C(c1c(C(O)O)[nH]c2cc(Cl)ccc12)N(C=O)Cc1ccc(Cl)c(Cl)c1. The Hall–Kier alpha value is -2.29. The summed E-state index contributed by atoms with van der Waals surface area (Å²) in [5.41, 5.74) is 0.766. The van der Waals surface area contributed by atoms with Crippen LogP contribution >= 0.6 is 34.8 Å². The van der Waals surface area contributed by atoms with Crippen molar-refractivity contribution in [2.75, 3.05) is 0 Å². The number of halogens is 3. The molecule has 4 N–H and O–H groups in total. The van der Waals surface area contributed by atoms with Crippen LogP contribution < -0.4 is 5.32 Å². The van der Waals surface area contributed by atoms with Crippen LogP contribution in [0.3, 0.4) is 0 Å². The van der Waals surface area contributed by atoms with Gasteiger partial charge in [0, 0.05) is 33.6 Å². The summed E-state index contributed by atoms with van der Waals surface area (Å²) >= 11 is 18.2. The number of fused-ring (bicyclic) bond motifs is 1. The largest absolute Gasteiger partial charge is 0.363 e. The van der Waals surface area contributed by atoms with Crippen molar-refractivity contribution in [1.29, 1.82) is 0 Å². The number of carbonyl (C=O) groups excluding carboxylic acids is 2. The number of rotatable bonds is 7. The van der Waals surface area contributed by atoms with E-state index in [0.717, 1.165) is 0 Å². The summed E-state index contributed by atoms with van der Waals surface area (Å²) in [5.74, 6) is -0.493. The van der Waals surface area contributed by atoms with E-state index in [2.05, 4.69) is 10.3 Å². The Morgan fingerprint density at radius 2 is 1.82 bits per heavy atom. The average Bonchev–Trinajstić information content (AvgIpc) is 3.07. The third kappa shape index (κ3) is 5.80. The minimum absolute atomic E-state index is 0.0117. The molecule has 1 atom stereocenters. The van der Waals surface area contributed by atoms with Crippen LogP contribution in [0, 0.1) is 0 Å². The van der Waals surface area contributed by atoms with E-state index in [4.69, 9.17) is 34.8 Å². The highest BCUT2D eigenvalue weighted by Crippen LogP contribution is 2.36. The normalized spacial score (nSPS) is 12.8. The molecule has 176 valence electrons. The van der Waals surface area contributed by atoms with Gasteiger partial charge in [0.2, 0.25) is 12.3 Å². The molecule has 7 nitrogen and oxygen atoms in total. The molecule has 2 amide bonds. The van der Waals surface area contributed by atoms with Gasteiger partial charge < -0.3 is 25.4 Å². The highest BCUT2D eigenvalue weighted by Gasteiger charge is 2.35. The van der Waals surface area contributed by atoms with Crippen LogP contribution in [-0.2, 0) is 16.1 Å². The van der Waals surface area contributed by atoms with E-state index in [1.54, 1.807) is 36.4 Å². The van der Waals surface area contributed by atoms with E-state index < -0.39 is 23.8 Å². The number of hydrogen-bond donors (Lipinski definition) is 4. The van der Waals surface area contributed by atoms with E-state index in [-0.39, 0.29) is 17.8 Å². The zero-order valence-corrected chi connectivity index (χ0v) is 20.5. The summed E-state index contributed by atoms with van der Waals surface area (Å²) in [6.07, 6.45) is -1.38. The topological polar surface area (TPSA) is 106 Å². The van der Waals surface area contributed by atoms with Crippen LogP contribution in [0.4, 0.5) is 0 Å². The smallest absolute Gasteiger partial charge is 0.247 e. The van der Waals surface area contributed by atoms with Crippen molar-refractivity contribution in [2.45, 2.75) is 45.2 Å². The predicted molar refractivity (Wildman–Crippen MR) is 129 cm³/mol. The van der Waals surface area contributed by atoms with Crippen LogP contribution in [0.5, 0.6) is 0 Å². The zero-order chi connectivity index (χ0) is 24.5. The number of H-pyrrole nitrogens is 1. The first-order chi connectivity index (χ1) is 15.4. The second-order valence-electron chi connectivity index (χ2n) is 8.68. The first-order valence-electron chi connectivity index (χ1n) is 10.1. The molecular formula is C23H24Cl3N3O4. The summed E-state index contributed by atoms with van der Waals surface area (Å²) in [5, 5.41) is 24.6. The van der Waals surface area contributed by atoms with Crippen LogP contribution in [0.25, 0.3) is 10.9 Å². The molecule has 0 saturated carbocycles. The maximum Gasteiger partial charge on any atom is 0.247 e. The molecule has 0 radical (unpaired) electrons. The van der Waals surface area contributed by atoms with E-state index in [0.29, 0.717) is 37.9 Å². The minimum atomic E-state index is -1.92. The highest BCUT2D eigenvalue weighted by molar-refractivity contribution is 6.42. The number of nitrogens with zero attached hydrogens (tertiary/aromatic N) is 1. The van der Waals surface area contributed by atoms with Crippen LogP contribution in [0.2, 0.25) is 15.1 Å². The lowest BCUT2D eigenvalue weighted by molar-refractivity contribution is -0.135. The Morgan fingerprint density at radius 1 is 1.12 bits per heavy atom. The fraction of sp³-hybridized carbons (Fsp3) is 0.304. The van der Waals surface area contributed by atoms with Gasteiger partial charge in [-0.3, -0.25) is 9.59 Å². The second-order valence-corrected chi connectivity index (χ2v) is 9.93. The first kappa shape index (κ1) is 25.3. The van der Waals surface area contributed by atoms with Gasteiger partial charge in [0.05, 0.1) is 15.7 Å². The molecule has 2 aromatic carbocycles. The molecule has 0 fully saturated rings. The number of aromatic nitrogens is 1. The van der Waals surface area contributed by atoms with Gasteiger partial charge in [0.15, 0.2) is 6.29 Å². The van der Waals surface area contributed by atoms with Gasteiger partial charge in [-0.05, 0) is 50.6 Å². The van der Waals surface area contributed by atoms with Crippen molar-refractivity contribution in [3.8, 4) is 0 Å². The second kappa shape index (κ2) is 9.91. The summed E-state index contributed by atoms with van der Waals surface area (Å²) in [7, 11) is 0. The van der Waals surface area contributed by atoms with Crippen LogP contribution in [-0.4, -0.2) is 38.0 Å². The quantitative estimate of drug-likeness (QED) is 0.271. The molecule has 33 heavy (non-hydrogen) atoms. The molecule has 0 saturated heterocycles. The van der Waals surface area contributed by atoms with Gasteiger partial charge in [-0.1, -0.05) is 46.9 Å². The highest BCUT2D eigenvalue weighted by atomic mass is 35.5. The van der Waals surface area contributed by atoms with Crippen molar-refractivity contribution in [3.05, 3.63) is 68.3 Å². The predicted octanol–water partition coefficient (Wildman–Crippen LogP) is 4.73. The van der Waals surface area contributed by atoms with E-state index in [1.165, 1.54) is 4.90 Å².